The van der Waals surface area contributed by atoms with Gasteiger partial charge in [0.1, 0.15) is 11.3 Å². The standard InChI is InChI=1S/C15H17N3S/c1-3-8-16-12-6-7-14-17-15(11(2)18(14)10-12)13-5-4-9-19-13/h4-7,9-10,16H,3,8H2,1-2H3. The van der Waals surface area contributed by atoms with Crippen molar-refractivity contribution in [1.29, 1.82) is 0 Å². The molecule has 0 aliphatic rings. The lowest BCUT2D eigenvalue weighted by molar-refractivity contribution is 0.974. The molecule has 3 rings (SSSR count). The molecule has 0 atom stereocenters. The highest BCUT2D eigenvalue weighted by Crippen LogP contribution is 2.28. The van der Waals surface area contributed by atoms with Crippen molar-refractivity contribution in [2.45, 2.75) is 20.3 Å². The van der Waals surface area contributed by atoms with Crippen molar-refractivity contribution in [1.82, 2.24) is 9.38 Å². The zero-order valence-electron chi connectivity index (χ0n) is 11.2. The van der Waals surface area contributed by atoms with E-state index in [0.717, 1.165) is 30.0 Å². The molecule has 0 unspecified atom stereocenters. The van der Waals surface area contributed by atoms with Crippen LogP contribution in [-0.2, 0) is 0 Å². The second-order valence-corrected chi connectivity index (χ2v) is 5.54. The van der Waals surface area contributed by atoms with Crippen molar-refractivity contribution >= 4 is 22.7 Å². The van der Waals surface area contributed by atoms with Gasteiger partial charge in [0.15, 0.2) is 0 Å². The molecular formula is C15H17N3S. The quantitative estimate of drug-likeness (QED) is 0.771. The summed E-state index contributed by atoms with van der Waals surface area (Å²) >= 11 is 1.73. The molecular weight excluding hydrogens is 254 g/mol. The molecule has 0 aromatic carbocycles. The van der Waals surface area contributed by atoms with Gasteiger partial charge in [-0.25, -0.2) is 4.98 Å². The average Bonchev–Trinajstić information content (AvgIpc) is 3.05. The number of pyridine rings is 1. The van der Waals surface area contributed by atoms with E-state index in [1.54, 1.807) is 11.3 Å². The number of rotatable bonds is 4. The Balaban J connectivity index is 2.06. The lowest BCUT2D eigenvalue weighted by Crippen LogP contribution is -2.01. The highest BCUT2D eigenvalue weighted by Gasteiger charge is 2.11. The molecule has 98 valence electrons. The van der Waals surface area contributed by atoms with Gasteiger partial charge in [-0.2, -0.15) is 0 Å². The van der Waals surface area contributed by atoms with E-state index in [4.69, 9.17) is 4.98 Å². The van der Waals surface area contributed by atoms with Crippen molar-refractivity contribution < 1.29 is 0 Å². The van der Waals surface area contributed by atoms with Gasteiger partial charge >= 0.3 is 0 Å². The van der Waals surface area contributed by atoms with Crippen LogP contribution in [0.3, 0.4) is 0 Å². The molecule has 0 fully saturated rings. The fraction of sp³-hybridized carbons (Fsp3) is 0.267. The molecule has 0 bridgehead atoms. The molecule has 1 N–H and O–H groups in total. The Morgan fingerprint density at radius 1 is 1.32 bits per heavy atom. The van der Waals surface area contributed by atoms with E-state index in [9.17, 15) is 0 Å². The Kier molecular flexibility index (Phi) is 3.25. The van der Waals surface area contributed by atoms with Crippen LogP contribution in [0.25, 0.3) is 16.2 Å². The molecule has 0 aliphatic heterocycles. The van der Waals surface area contributed by atoms with Crippen molar-refractivity contribution in [3.8, 4) is 10.6 Å². The highest BCUT2D eigenvalue weighted by atomic mass is 32.1. The first-order chi connectivity index (χ1) is 9.29. The van der Waals surface area contributed by atoms with E-state index in [1.807, 2.05) is 0 Å². The van der Waals surface area contributed by atoms with Crippen LogP contribution >= 0.6 is 11.3 Å². The van der Waals surface area contributed by atoms with Gasteiger partial charge in [-0.15, -0.1) is 11.3 Å². The van der Waals surface area contributed by atoms with E-state index in [0.29, 0.717) is 0 Å². The van der Waals surface area contributed by atoms with Crippen LogP contribution in [-0.4, -0.2) is 15.9 Å². The van der Waals surface area contributed by atoms with E-state index in [1.165, 1.54) is 10.6 Å². The van der Waals surface area contributed by atoms with Crippen LogP contribution in [0.5, 0.6) is 0 Å². The summed E-state index contributed by atoms with van der Waals surface area (Å²) in [5, 5.41) is 5.50. The summed E-state index contributed by atoms with van der Waals surface area (Å²) in [6.07, 6.45) is 3.26. The first-order valence-corrected chi connectivity index (χ1v) is 7.44. The van der Waals surface area contributed by atoms with Crippen molar-refractivity contribution in [2.24, 2.45) is 0 Å². The summed E-state index contributed by atoms with van der Waals surface area (Å²) in [7, 11) is 0. The minimum atomic E-state index is 0.997. The van der Waals surface area contributed by atoms with Gasteiger partial charge in [-0.3, -0.25) is 0 Å². The third-order valence-electron chi connectivity index (χ3n) is 3.19. The number of hydrogen-bond acceptors (Lipinski definition) is 3. The lowest BCUT2D eigenvalue weighted by atomic mass is 10.3. The average molecular weight is 271 g/mol. The van der Waals surface area contributed by atoms with Gasteiger partial charge in [-0.1, -0.05) is 13.0 Å². The molecule has 0 spiro atoms. The SMILES string of the molecule is CCCNc1ccc2nc(-c3cccs3)c(C)n2c1. The molecule has 0 saturated heterocycles. The summed E-state index contributed by atoms with van der Waals surface area (Å²) in [6.45, 7) is 5.29. The number of nitrogens with zero attached hydrogens (tertiary/aromatic N) is 2. The predicted octanol–water partition coefficient (Wildman–Crippen LogP) is 4.19. The predicted molar refractivity (Wildman–Crippen MR) is 82.0 cm³/mol. The molecule has 19 heavy (non-hydrogen) atoms. The van der Waals surface area contributed by atoms with Gasteiger partial charge in [-0.05, 0) is 36.9 Å². The number of aryl methyl sites for hydroxylation is 1. The molecule has 0 amide bonds. The maximum atomic E-state index is 4.72. The highest BCUT2D eigenvalue weighted by molar-refractivity contribution is 7.13. The fourth-order valence-corrected chi connectivity index (χ4v) is 2.95. The molecule has 0 aliphatic carbocycles. The number of hydrogen-bond donors (Lipinski definition) is 1. The van der Waals surface area contributed by atoms with E-state index >= 15 is 0 Å². The second-order valence-electron chi connectivity index (χ2n) is 4.60. The maximum Gasteiger partial charge on any atom is 0.137 e. The molecule has 3 heterocycles. The minimum absolute atomic E-state index is 0.997. The topological polar surface area (TPSA) is 29.3 Å². The number of nitrogens with one attached hydrogen (secondary N) is 1. The maximum absolute atomic E-state index is 4.72. The molecule has 3 aromatic rings. The number of thiophene rings is 1. The number of fused-ring (bicyclic) bond motifs is 1. The fourth-order valence-electron chi connectivity index (χ4n) is 2.18. The summed E-state index contributed by atoms with van der Waals surface area (Å²) in [4.78, 5) is 5.95. The van der Waals surface area contributed by atoms with Crippen LogP contribution < -0.4 is 5.32 Å². The van der Waals surface area contributed by atoms with Crippen LogP contribution in [0.15, 0.2) is 35.8 Å². The van der Waals surface area contributed by atoms with Gasteiger partial charge in [0.05, 0.1) is 10.6 Å². The Bertz CT molecular complexity index is 683. The molecule has 0 saturated carbocycles. The smallest absolute Gasteiger partial charge is 0.137 e. The van der Waals surface area contributed by atoms with E-state index in [-0.39, 0.29) is 0 Å². The van der Waals surface area contributed by atoms with Gasteiger partial charge in [0.25, 0.3) is 0 Å². The largest absolute Gasteiger partial charge is 0.384 e. The Morgan fingerprint density at radius 3 is 2.95 bits per heavy atom. The van der Waals surface area contributed by atoms with Gasteiger partial charge in [0, 0.05) is 18.4 Å². The zero-order valence-corrected chi connectivity index (χ0v) is 12.0. The lowest BCUT2D eigenvalue weighted by Gasteiger charge is -2.05. The monoisotopic (exact) mass is 271 g/mol. The molecule has 0 radical (unpaired) electrons. The van der Waals surface area contributed by atoms with Crippen molar-refractivity contribution in [3.63, 3.8) is 0 Å². The Labute approximate surface area is 116 Å². The van der Waals surface area contributed by atoms with Gasteiger partial charge in [0.2, 0.25) is 0 Å². The third-order valence-corrected chi connectivity index (χ3v) is 4.07. The van der Waals surface area contributed by atoms with Crippen LogP contribution in [0, 0.1) is 6.92 Å². The van der Waals surface area contributed by atoms with E-state index in [2.05, 4.69) is 59.4 Å². The summed E-state index contributed by atoms with van der Waals surface area (Å²) in [5.41, 5.74) is 4.43. The summed E-state index contributed by atoms with van der Waals surface area (Å²) < 4.78 is 2.16. The van der Waals surface area contributed by atoms with E-state index < -0.39 is 0 Å². The molecule has 3 aromatic heterocycles. The first-order valence-electron chi connectivity index (χ1n) is 6.56. The summed E-state index contributed by atoms with van der Waals surface area (Å²) in [5.74, 6) is 0. The first kappa shape index (κ1) is 12.2. The Morgan fingerprint density at radius 2 is 2.21 bits per heavy atom. The van der Waals surface area contributed by atoms with Gasteiger partial charge < -0.3 is 9.72 Å². The van der Waals surface area contributed by atoms with Crippen molar-refractivity contribution in [2.75, 3.05) is 11.9 Å². The zero-order chi connectivity index (χ0) is 13.2. The minimum Gasteiger partial charge on any atom is -0.384 e. The second kappa shape index (κ2) is 5.05. The number of aromatic nitrogens is 2. The summed E-state index contributed by atoms with van der Waals surface area (Å²) in [6, 6.07) is 8.35. The third kappa shape index (κ3) is 2.24. The molecule has 3 nitrogen and oxygen atoms in total. The van der Waals surface area contributed by atoms with Crippen LogP contribution in [0.2, 0.25) is 0 Å². The van der Waals surface area contributed by atoms with Crippen molar-refractivity contribution in [3.05, 3.63) is 41.5 Å². The van der Waals surface area contributed by atoms with Crippen LogP contribution in [0.4, 0.5) is 5.69 Å². The number of anilines is 1. The molecule has 4 heteroatoms. The normalized spacial score (nSPS) is 11.1. The van der Waals surface area contributed by atoms with Crippen LogP contribution in [0.1, 0.15) is 19.0 Å². The number of imidazole rings is 1. The Hall–Kier alpha value is -1.81.